The maximum absolute atomic E-state index is 12.2. The van der Waals surface area contributed by atoms with Crippen LogP contribution in [0.25, 0.3) is 0 Å². The van der Waals surface area contributed by atoms with Crippen molar-refractivity contribution in [2.75, 3.05) is 11.5 Å². The Kier molecular flexibility index (Phi) is 4.07. The molecule has 3 rings (SSSR count). The predicted molar refractivity (Wildman–Crippen MR) is 75.9 cm³/mol. The second-order valence-corrected chi connectivity index (χ2v) is 9.01. The lowest BCUT2D eigenvalue weighted by Gasteiger charge is -2.38. The minimum absolute atomic E-state index is 0.0117. The first-order valence-electron chi connectivity index (χ1n) is 7.94. The molecule has 4 atom stereocenters. The van der Waals surface area contributed by atoms with E-state index in [1.54, 1.807) is 0 Å². The Morgan fingerprint density at radius 3 is 2.40 bits per heavy atom. The minimum Gasteiger partial charge on any atom is -0.461 e. The van der Waals surface area contributed by atoms with Crippen LogP contribution in [-0.4, -0.2) is 32.0 Å². The summed E-state index contributed by atoms with van der Waals surface area (Å²) in [7, 11) is -2.97. The standard InChI is InChI=1S/C15H24O4S/c16-15(19-14-7-8-20(17,18)10-14)13-6-5-11-3-1-2-4-12(11)9-13/h11-14H,1-10H2/t11-,12+,13-,14-/m1/s1. The molecule has 2 saturated carbocycles. The molecule has 0 bridgehead atoms. The molecule has 1 heterocycles. The summed E-state index contributed by atoms with van der Waals surface area (Å²) in [5, 5.41) is 0. The molecule has 0 aromatic carbocycles. The predicted octanol–water partition coefficient (Wildman–Crippen LogP) is 2.32. The summed E-state index contributed by atoms with van der Waals surface area (Å²) in [6.07, 6.45) is 8.35. The Morgan fingerprint density at radius 1 is 0.950 bits per heavy atom. The first-order chi connectivity index (χ1) is 9.53. The van der Waals surface area contributed by atoms with E-state index in [2.05, 4.69) is 0 Å². The van der Waals surface area contributed by atoms with Gasteiger partial charge in [-0.2, -0.15) is 0 Å². The topological polar surface area (TPSA) is 60.4 Å². The van der Waals surface area contributed by atoms with E-state index in [9.17, 15) is 13.2 Å². The monoisotopic (exact) mass is 300 g/mol. The molecular formula is C15H24O4S. The molecule has 1 saturated heterocycles. The van der Waals surface area contributed by atoms with E-state index < -0.39 is 15.9 Å². The summed E-state index contributed by atoms with van der Waals surface area (Å²) in [6.45, 7) is 0. The molecule has 0 amide bonds. The summed E-state index contributed by atoms with van der Waals surface area (Å²) in [5.74, 6) is 1.58. The Bertz CT molecular complexity index is 470. The number of carbonyl (C=O) groups excluding carboxylic acids is 1. The van der Waals surface area contributed by atoms with Crippen LogP contribution in [0.3, 0.4) is 0 Å². The Balaban J connectivity index is 1.53. The van der Waals surface area contributed by atoms with Crippen molar-refractivity contribution in [2.24, 2.45) is 17.8 Å². The highest BCUT2D eigenvalue weighted by molar-refractivity contribution is 7.91. The second-order valence-electron chi connectivity index (χ2n) is 6.78. The van der Waals surface area contributed by atoms with Gasteiger partial charge in [-0.15, -0.1) is 0 Å². The normalized spacial score (nSPS) is 40.0. The third-order valence-corrected chi connectivity index (χ3v) is 7.08. The molecule has 1 aliphatic heterocycles. The lowest BCUT2D eigenvalue weighted by molar-refractivity contribution is -0.155. The lowest BCUT2D eigenvalue weighted by atomic mass is 9.67. The van der Waals surface area contributed by atoms with E-state index >= 15 is 0 Å². The highest BCUT2D eigenvalue weighted by atomic mass is 32.2. The van der Waals surface area contributed by atoms with Gasteiger partial charge in [-0.1, -0.05) is 25.7 Å². The van der Waals surface area contributed by atoms with Gasteiger partial charge in [-0.05, 0) is 37.5 Å². The highest BCUT2D eigenvalue weighted by Gasteiger charge is 2.38. The van der Waals surface area contributed by atoms with E-state index in [1.165, 1.54) is 25.7 Å². The summed E-state index contributed by atoms with van der Waals surface area (Å²) in [4.78, 5) is 12.2. The highest BCUT2D eigenvalue weighted by Crippen LogP contribution is 2.43. The summed E-state index contributed by atoms with van der Waals surface area (Å²) in [6, 6.07) is 0. The van der Waals surface area contributed by atoms with Crippen LogP contribution in [-0.2, 0) is 19.4 Å². The fourth-order valence-electron chi connectivity index (χ4n) is 4.20. The van der Waals surface area contributed by atoms with Gasteiger partial charge in [0.15, 0.2) is 9.84 Å². The van der Waals surface area contributed by atoms with E-state index in [1.807, 2.05) is 0 Å². The van der Waals surface area contributed by atoms with Crippen LogP contribution >= 0.6 is 0 Å². The lowest BCUT2D eigenvalue weighted by Crippen LogP contribution is -2.33. The number of sulfone groups is 1. The number of ether oxygens (including phenoxy) is 1. The van der Waals surface area contributed by atoms with Crippen molar-refractivity contribution < 1.29 is 17.9 Å². The zero-order valence-electron chi connectivity index (χ0n) is 11.9. The van der Waals surface area contributed by atoms with Gasteiger partial charge in [0.2, 0.25) is 0 Å². The van der Waals surface area contributed by atoms with Crippen LogP contribution in [0.1, 0.15) is 51.4 Å². The van der Waals surface area contributed by atoms with Crippen molar-refractivity contribution in [2.45, 2.75) is 57.5 Å². The largest absolute Gasteiger partial charge is 0.461 e. The Labute approximate surface area is 121 Å². The fraction of sp³-hybridized carbons (Fsp3) is 0.933. The van der Waals surface area contributed by atoms with E-state index in [-0.39, 0.29) is 23.4 Å². The molecule has 114 valence electrons. The number of carbonyl (C=O) groups is 1. The number of fused-ring (bicyclic) bond motifs is 1. The van der Waals surface area contributed by atoms with Crippen LogP contribution in [0.5, 0.6) is 0 Å². The molecule has 0 aromatic heterocycles. The third kappa shape index (κ3) is 3.18. The average Bonchev–Trinajstić information content (AvgIpc) is 2.77. The van der Waals surface area contributed by atoms with Crippen molar-refractivity contribution in [1.82, 2.24) is 0 Å². The number of hydrogen-bond donors (Lipinski definition) is 0. The number of esters is 1. The Hall–Kier alpha value is -0.580. The molecule has 0 radical (unpaired) electrons. The molecular weight excluding hydrogens is 276 g/mol. The van der Waals surface area contributed by atoms with Crippen LogP contribution in [0.4, 0.5) is 0 Å². The van der Waals surface area contributed by atoms with Gasteiger partial charge in [0.25, 0.3) is 0 Å². The molecule has 4 nitrogen and oxygen atoms in total. The summed E-state index contributed by atoms with van der Waals surface area (Å²) >= 11 is 0. The molecule has 20 heavy (non-hydrogen) atoms. The van der Waals surface area contributed by atoms with Gasteiger partial charge in [0.05, 0.1) is 17.4 Å². The maximum atomic E-state index is 12.2. The van der Waals surface area contributed by atoms with E-state index in [4.69, 9.17) is 4.74 Å². The van der Waals surface area contributed by atoms with Crippen molar-refractivity contribution in [3.63, 3.8) is 0 Å². The van der Waals surface area contributed by atoms with Crippen LogP contribution in [0.2, 0.25) is 0 Å². The number of hydrogen-bond acceptors (Lipinski definition) is 4. The van der Waals surface area contributed by atoms with Gasteiger partial charge in [0.1, 0.15) is 6.10 Å². The zero-order chi connectivity index (χ0) is 14.2. The van der Waals surface area contributed by atoms with Crippen molar-refractivity contribution in [3.8, 4) is 0 Å². The molecule has 0 aromatic rings. The summed E-state index contributed by atoms with van der Waals surface area (Å²) < 4.78 is 28.2. The van der Waals surface area contributed by atoms with E-state index in [0.717, 1.165) is 25.2 Å². The molecule has 5 heteroatoms. The molecule has 0 N–H and O–H groups in total. The van der Waals surface area contributed by atoms with Gasteiger partial charge < -0.3 is 4.74 Å². The SMILES string of the molecule is O=C(O[C@@H]1CCS(=O)(=O)C1)[C@@H]1CC[C@H]2CCCC[C@H]2C1. The average molecular weight is 300 g/mol. The quantitative estimate of drug-likeness (QED) is 0.734. The fourth-order valence-corrected chi connectivity index (χ4v) is 5.79. The summed E-state index contributed by atoms with van der Waals surface area (Å²) in [5.41, 5.74) is 0. The molecule has 3 fully saturated rings. The second kappa shape index (κ2) is 5.66. The van der Waals surface area contributed by atoms with Gasteiger partial charge in [0, 0.05) is 0 Å². The zero-order valence-corrected chi connectivity index (χ0v) is 12.7. The van der Waals surface area contributed by atoms with Crippen LogP contribution in [0.15, 0.2) is 0 Å². The molecule has 3 aliphatic rings. The smallest absolute Gasteiger partial charge is 0.309 e. The first-order valence-corrected chi connectivity index (χ1v) is 9.76. The van der Waals surface area contributed by atoms with Crippen LogP contribution in [0, 0.1) is 17.8 Å². The molecule has 0 spiro atoms. The van der Waals surface area contributed by atoms with E-state index in [0.29, 0.717) is 12.3 Å². The number of rotatable bonds is 2. The van der Waals surface area contributed by atoms with Crippen molar-refractivity contribution in [3.05, 3.63) is 0 Å². The maximum Gasteiger partial charge on any atom is 0.309 e. The van der Waals surface area contributed by atoms with Crippen LogP contribution < -0.4 is 0 Å². The third-order valence-electron chi connectivity index (χ3n) is 5.35. The van der Waals surface area contributed by atoms with Gasteiger partial charge in [-0.25, -0.2) is 8.42 Å². The first kappa shape index (κ1) is 14.4. The van der Waals surface area contributed by atoms with Gasteiger partial charge >= 0.3 is 5.97 Å². The Morgan fingerprint density at radius 2 is 1.70 bits per heavy atom. The minimum atomic E-state index is -2.97. The van der Waals surface area contributed by atoms with Gasteiger partial charge in [-0.3, -0.25) is 4.79 Å². The molecule has 0 unspecified atom stereocenters. The molecule has 2 aliphatic carbocycles. The van der Waals surface area contributed by atoms with Crippen molar-refractivity contribution in [1.29, 1.82) is 0 Å². The van der Waals surface area contributed by atoms with Crippen molar-refractivity contribution >= 4 is 15.8 Å².